The predicted octanol–water partition coefficient (Wildman–Crippen LogP) is 1.63. The van der Waals surface area contributed by atoms with Crippen LogP contribution in [0, 0.1) is 0 Å². The van der Waals surface area contributed by atoms with E-state index < -0.39 is 0 Å². The SMILES string of the molecule is CCNC(=O)CCNCc1cc2c(cc1OC)CC(C)O2. The highest BCUT2D eigenvalue weighted by atomic mass is 16.5. The van der Waals surface area contributed by atoms with Crippen molar-refractivity contribution in [3.63, 3.8) is 0 Å². The fourth-order valence-electron chi connectivity index (χ4n) is 2.52. The molecular formula is C16H24N2O3. The van der Waals surface area contributed by atoms with Crippen molar-refractivity contribution in [2.75, 3.05) is 20.2 Å². The highest BCUT2D eigenvalue weighted by Gasteiger charge is 2.21. The Balaban J connectivity index is 1.91. The van der Waals surface area contributed by atoms with Gasteiger partial charge in [0.2, 0.25) is 5.91 Å². The lowest BCUT2D eigenvalue weighted by atomic mass is 10.1. The molecule has 1 atom stereocenters. The Labute approximate surface area is 126 Å². The summed E-state index contributed by atoms with van der Waals surface area (Å²) in [4.78, 5) is 11.4. The van der Waals surface area contributed by atoms with Gasteiger partial charge in [0.1, 0.15) is 17.6 Å². The van der Waals surface area contributed by atoms with Gasteiger partial charge in [-0.25, -0.2) is 0 Å². The molecule has 1 unspecified atom stereocenters. The normalized spacial score (nSPS) is 16.2. The quantitative estimate of drug-likeness (QED) is 0.750. The Morgan fingerprint density at radius 1 is 1.48 bits per heavy atom. The first-order valence-corrected chi connectivity index (χ1v) is 7.48. The van der Waals surface area contributed by atoms with E-state index in [0.717, 1.165) is 23.5 Å². The van der Waals surface area contributed by atoms with Crippen molar-refractivity contribution >= 4 is 5.91 Å². The molecule has 21 heavy (non-hydrogen) atoms. The molecule has 0 radical (unpaired) electrons. The molecule has 1 aliphatic heterocycles. The van der Waals surface area contributed by atoms with E-state index in [0.29, 0.717) is 26.1 Å². The molecule has 0 aliphatic carbocycles. The molecule has 0 saturated carbocycles. The second-order valence-corrected chi connectivity index (χ2v) is 5.28. The largest absolute Gasteiger partial charge is 0.496 e. The molecule has 1 aliphatic rings. The van der Waals surface area contributed by atoms with Crippen molar-refractivity contribution < 1.29 is 14.3 Å². The average Bonchev–Trinajstić information content (AvgIpc) is 2.81. The number of benzene rings is 1. The van der Waals surface area contributed by atoms with Crippen LogP contribution in [0.4, 0.5) is 0 Å². The second-order valence-electron chi connectivity index (χ2n) is 5.28. The maximum atomic E-state index is 11.4. The maximum Gasteiger partial charge on any atom is 0.221 e. The summed E-state index contributed by atoms with van der Waals surface area (Å²) >= 11 is 0. The Hall–Kier alpha value is -1.75. The van der Waals surface area contributed by atoms with Crippen LogP contribution in [0.5, 0.6) is 11.5 Å². The number of amides is 1. The summed E-state index contributed by atoms with van der Waals surface area (Å²) in [5.74, 6) is 1.89. The molecule has 0 aromatic heterocycles. The predicted molar refractivity (Wildman–Crippen MR) is 81.8 cm³/mol. The molecule has 2 N–H and O–H groups in total. The number of hydrogen-bond acceptors (Lipinski definition) is 4. The highest BCUT2D eigenvalue weighted by Crippen LogP contribution is 2.34. The zero-order valence-corrected chi connectivity index (χ0v) is 13.0. The summed E-state index contributed by atoms with van der Waals surface area (Å²) < 4.78 is 11.2. The first kappa shape index (κ1) is 15.6. The van der Waals surface area contributed by atoms with Gasteiger partial charge >= 0.3 is 0 Å². The van der Waals surface area contributed by atoms with Gasteiger partial charge in [0, 0.05) is 43.6 Å². The number of fused-ring (bicyclic) bond motifs is 1. The maximum absolute atomic E-state index is 11.4. The molecular weight excluding hydrogens is 268 g/mol. The topological polar surface area (TPSA) is 59.6 Å². The van der Waals surface area contributed by atoms with Gasteiger partial charge < -0.3 is 20.1 Å². The fourth-order valence-corrected chi connectivity index (χ4v) is 2.52. The molecule has 1 aromatic carbocycles. The van der Waals surface area contributed by atoms with Crippen LogP contribution < -0.4 is 20.1 Å². The summed E-state index contributed by atoms with van der Waals surface area (Å²) in [6.45, 7) is 5.96. The van der Waals surface area contributed by atoms with E-state index >= 15 is 0 Å². The minimum Gasteiger partial charge on any atom is -0.496 e. The molecule has 1 aromatic rings. The van der Waals surface area contributed by atoms with Crippen molar-refractivity contribution in [2.45, 2.75) is 39.3 Å². The van der Waals surface area contributed by atoms with Crippen LogP contribution in [0.1, 0.15) is 31.4 Å². The van der Waals surface area contributed by atoms with Crippen molar-refractivity contribution in [3.8, 4) is 11.5 Å². The van der Waals surface area contributed by atoms with E-state index in [1.54, 1.807) is 7.11 Å². The van der Waals surface area contributed by atoms with Crippen LogP contribution in [0.2, 0.25) is 0 Å². The summed E-state index contributed by atoms with van der Waals surface area (Å²) in [6, 6.07) is 4.09. The van der Waals surface area contributed by atoms with Gasteiger partial charge in [-0.05, 0) is 26.0 Å². The van der Waals surface area contributed by atoms with E-state index in [-0.39, 0.29) is 12.0 Å². The number of carbonyl (C=O) groups excluding carboxylic acids is 1. The monoisotopic (exact) mass is 292 g/mol. The first-order chi connectivity index (χ1) is 10.1. The lowest BCUT2D eigenvalue weighted by molar-refractivity contribution is -0.120. The molecule has 0 bridgehead atoms. The molecule has 1 amide bonds. The smallest absolute Gasteiger partial charge is 0.221 e. The lowest BCUT2D eigenvalue weighted by Crippen LogP contribution is -2.27. The van der Waals surface area contributed by atoms with E-state index in [9.17, 15) is 4.79 Å². The number of hydrogen-bond donors (Lipinski definition) is 2. The van der Waals surface area contributed by atoms with Crippen LogP contribution in [0.25, 0.3) is 0 Å². The van der Waals surface area contributed by atoms with Crippen LogP contribution in [-0.4, -0.2) is 32.2 Å². The standard InChI is InChI=1S/C16H24N2O3/c1-4-18-16(19)5-6-17-10-13-9-15-12(7-11(2)21-15)8-14(13)20-3/h8-9,11,17H,4-7,10H2,1-3H3,(H,18,19). The number of rotatable bonds is 7. The second kappa shape index (κ2) is 7.31. The van der Waals surface area contributed by atoms with Crippen molar-refractivity contribution in [3.05, 3.63) is 23.3 Å². The van der Waals surface area contributed by atoms with Crippen LogP contribution in [0.3, 0.4) is 0 Å². The van der Waals surface area contributed by atoms with E-state index in [1.807, 2.05) is 13.0 Å². The molecule has 116 valence electrons. The number of ether oxygens (including phenoxy) is 2. The zero-order valence-electron chi connectivity index (χ0n) is 13.0. The molecule has 0 fully saturated rings. The Morgan fingerprint density at radius 3 is 3.00 bits per heavy atom. The average molecular weight is 292 g/mol. The van der Waals surface area contributed by atoms with E-state index in [1.165, 1.54) is 5.56 Å². The van der Waals surface area contributed by atoms with Crippen LogP contribution >= 0.6 is 0 Å². The summed E-state index contributed by atoms with van der Waals surface area (Å²) in [6.07, 6.45) is 1.64. The number of carbonyl (C=O) groups is 1. The van der Waals surface area contributed by atoms with Gasteiger partial charge in [-0.15, -0.1) is 0 Å². The van der Waals surface area contributed by atoms with Gasteiger partial charge in [0.05, 0.1) is 7.11 Å². The number of nitrogens with one attached hydrogen (secondary N) is 2. The lowest BCUT2D eigenvalue weighted by Gasteiger charge is -2.12. The van der Waals surface area contributed by atoms with Gasteiger partial charge in [0.15, 0.2) is 0 Å². The third kappa shape index (κ3) is 4.11. The Morgan fingerprint density at radius 2 is 2.29 bits per heavy atom. The minimum atomic E-state index is 0.0723. The van der Waals surface area contributed by atoms with Crippen molar-refractivity contribution in [2.24, 2.45) is 0 Å². The Kier molecular flexibility index (Phi) is 5.44. The molecule has 5 heteroatoms. The zero-order chi connectivity index (χ0) is 15.2. The summed E-state index contributed by atoms with van der Waals surface area (Å²) in [5, 5.41) is 6.05. The first-order valence-electron chi connectivity index (χ1n) is 7.48. The summed E-state index contributed by atoms with van der Waals surface area (Å²) in [7, 11) is 1.68. The highest BCUT2D eigenvalue weighted by molar-refractivity contribution is 5.75. The van der Waals surface area contributed by atoms with Crippen LogP contribution in [0.15, 0.2) is 12.1 Å². The van der Waals surface area contributed by atoms with Gasteiger partial charge in [-0.2, -0.15) is 0 Å². The third-order valence-corrected chi connectivity index (χ3v) is 3.52. The molecule has 0 saturated heterocycles. The molecule has 2 rings (SSSR count). The van der Waals surface area contributed by atoms with E-state index in [4.69, 9.17) is 9.47 Å². The molecule has 1 heterocycles. The number of methoxy groups -OCH3 is 1. The van der Waals surface area contributed by atoms with Crippen molar-refractivity contribution in [1.82, 2.24) is 10.6 Å². The van der Waals surface area contributed by atoms with Gasteiger partial charge in [-0.1, -0.05) is 0 Å². The van der Waals surface area contributed by atoms with Gasteiger partial charge in [0.25, 0.3) is 0 Å². The summed E-state index contributed by atoms with van der Waals surface area (Å²) in [5.41, 5.74) is 2.26. The third-order valence-electron chi connectivity index (χ3n) is 3.52. The Bertz CT molecular complexity index is 503. The molecule has 0 spiro atoms. The fraction of sp³-hybridized carbons (Fsp3) is 0.562. The van der Waals surface area contributed by atoms with Crippen LogP contribution in [-0.2, 0) is 17.8 Å². The van der Waals surface area contributed by atoms with Crippen molar-refractivity contribution in [1.29, 1.82) is 0 Å². The van der Waals surface area contributed by atoms with E-state index in [2.05, 4.69) is 23.6 Å². The van der Waals surface area contributed by atoms with Gasteiger partial charge in [-0.3, -0.25) is 4.79 Å². The minimum absolute atomic E-state index is 0.0723. The molecule has 5 nitrogen and oxygen atoms in total.